The van der Waals surface area contributed by atoms with Crippen molar-refractivity contribution in [3.63, 3.8) is 0 Å². The Morgan fingerprint density at radius 3 is 2.13 bits per heavy atom. The van der Waals surface area contributed by atoms with Crippen molar-refractivity contribution in [1.29, 1.82) is 0 Å². The number of carbonyl (C=O) groups excluding carboxylic acids is 2. The Bertz CT molecular complexity index is 722. The van der Waals surface area contributed by atoms with Gasteiger partial charge in [0.15, 0.2) is 0 Å². The standard InChI is InChI=1S/C22H36N4O5/c1-14(2)19(23-21(28)31-22(5,6)7)20(27)26-12-10-16(11-13-26)30-18-9-8-17(24-25-18)29-15(3)4/h8-9,14-16,19H,10-13H2,1-7H3,(H,23,28)/t19-/m0/s1. The van der Waals surface area contributed by atoms with E-state index in [-0.39, 0.29) is 24.0 Å². The van der Waals surface area contributed by atoms with E-state index in [1.54, 1.807) is 37.8 Å². The summed E-state index contributed by atoms with van der Waals surface area (Å²) in [7, 11) is 0. The second kappa shape index (κ2) is 10.6. The molecule has 1 aliphatic rings. The molecule has 2 heterocycles. The van der Waals surface area contributed by atoms with Gasteiger partial charge in [0, 0.05) is 38.1 Å². The van der Waals surface area contributed by atoms with Gasteiger partial charge in [-0.25, -0.2) is 4.79 Å². The number of nitrogens with zero attached hydrogens (tertiary/aromatic N) is 3. The van der Waals surface area contributed by atoms with Crippen molar-refractivity contribution in [2.45, 2.75) is 85.2 Å². The largest absolute Gasteiger partial charge is 0.474 e. The monoisotopic (exact) mass is 436 g/mol. The van der Waals surface area contributed by atoms with E-state index in [0.717, 1.165) is 0 Å². The minimum Gasteiger partial charge on any atom is -0.474 e. The molecule has 1 saturated heterocycles. The second-order valence-electron chi connectivity index (χ2n) is 9.39. The molecule has 31 heavy (non-hydrogen) atoms. The van der Waals surface area contributed by atoms with Crippen LogP contribution in [0.1, 0.15) is 61.3 Å². The van der Waals surface area contributed by atoms with Gasteiger partial charge in [0.2, 0.25) is 17.7 Å². The zero-order chi connectivity index (χ0) is 23.2. The van der Waals surface area contributed by atoms with Crippen LogP contribution in [0.4, 0.5) is 4.79 Å². The van der Waals surface area contributed by atoms with Crippen molar-refractivity contribution in [2.75, 3.05) is 13.1 Å². The van der Waals surface area contributed by atoms with Crippen LogP contribution in [-0.2, 0) is 9.53 Å². The molecular weight excluding hydrogens is 400 g/mol. The summed E-state index contributed by atoms with van der Waals surface area (Å²) >= 11 is 0. The summed E-state index contributed by atoms with van der Waals surface area (Å²) in [6, 6.07) is 2.84. The van der Waals surface area contributed by atoms with Crippen LogP contribution in [0.3, 0.4) is 0 Å². The van der Waals surface area contributed by atoms with Gasteiger partial charge in [-0.05, 0) is 40.5 Å². The van der Waals surface area contributed by atoms with E-state index in [1.807, 2.05) is 27.7 Å². The molecular formula is C22H36N4O5. The minimum atomic E-state index is -0.633. The first-order valence-electron chi connectivity index (χ1n) is 10.9. The molecule has 1 aromatic rings. The van der Waals surface area contributed by atoms with E-state index in [9.17, 15) is 9.59 Å². The topological polar surface area (TPSA) is 103 Å². The van der Waals surface area contributed by atoms with Gasteiger partial charge >= 0.3 is 6.09 Å². The van der Waals surface area contributed by atoms with Crippen LogP contribution < -0.4 is 14.8 Å². The van der Waals surface area contributed by atoms with E-state index in [0.29, 0.717) is 37.7 Å². The molecule has 2 rings (SSSR count). The maximum absolute atomic E-state index is 13.0. The molecule has 0 unspecified atom stereocenters. The number of rotatable bonds is 7. The lowest BCUT2D eigenvalue weighted by Crippen LogP contribution is -2.54. The lowest BCUT2D eigenvalue weighted by atomic mass is 10.0. The van der Waals surface area contributed by atoms with Gasteiger partial charge in [-0.2, -0.15) is 0 Å². The molecule has 1 aromatic heterocycles. The summed E-state index contributed by atoms with van der Waals surface area (Å²) in [4.78, 5) is 26.9. The number of ether oxygens (including phenoxy) is 3. The lowest BCUT2D eigenvalue weighted by Gasteiger charge is -2.35. The summed E-state index contributed by atoms with van der Waals surface area (Å²) < 4.78 is 16.7. The number of carbonyl (C=O) groups is 2. The van der Waals surface area contributed by atoms with E-state index < -0.39 is 17.7 Å². The fourth-order valence-corrected chi connectivity index (χ4v) is 3.18. The van der Waals surface area contributed by atoms with Crippen molar-refractivity contribution in [1.82, 2.24) is 20.4 Å². The number of hydrogen-bond donors (Lipinski definition) is 1. The maximum Gasteiger partial charge on any atom is 0.408 e. The highest BCUT2D eigenvalue weighted by Crippen LogP contribution is 2.20. The molecule has 1 fully saturated rings. The Balaban J connectivity index is 1.87. The summed E-state index contributed by atoms with van der Waals surface area (Å²) in [6.07, 6.45) is 0.749. The third-order valence-electron chi connectivity index (χ3n) is 4.62. The molecule has 0 spiro atoms. The molecule has 174 valence electrons. The van der Waals surface area contributed by atoms with E-state index >= 15 is 0 Å². The summed E-state index contributed by atoms with van der Waals surface area (Å²) in [5.41, 5.74) is -0.619. The number of piperidine rings is 1. The Kier molecular flexibility index (Phi) is 8.47. The van der Waals surface area contributed by atoms with Crippen molar-refractivity contribution < 1.29 is 23.8 Å². The Hall–Kier alpha value is -2.58. The average Bonchev–Trinajstić information content (AvgIpc) is 2.66. The van der Waals surface area contributed by atoms with Crippen molar-refractivity contribution in [3.8, 4) is 11.8 Å². The average molecular weight is 437 g/mol. The summed E-state index contributed by atoms with van der Waals surface area (Å²) in [5, 5.41) is 10.8. The normalized spacial score (nSPS) is 16.2. The predicted octanol–water partition coefficient (Wildman–Crippen LogP) is 3.18. The van der Waals surface area contributed by atoms with Gasteiger partial charge in [0.25, 0.3) is 0 Å². The summed E-state index contributed by atoms with van der Waals surface area (Å²) in [6.45, 7) is 14.1. The van der Waals surface area contributed by atoms with Crippen molar-refractivity contribution in [3.05, 3.63) is 12.1 Å². The first kappa shape index (κ1) is 24.7. The summed E-state index contributed by atoms with van der Waals surface area (Å²) in [5.74, 6) is 0.734. The molecule has 9 nitrogen and oxygen atoms in total. The number of alkyl carbamates (subject to hydrolysis) is 1. The third kappa shape index (κ3) is 8.22. The van der Waals surface area contributed by atoms with Crippen LogP contribution in [0.25, 0.3) is 0 Å². The molecule has 9 heteroatoms. The quantitative estimate of drug-likeness (QED) is 0.700. The van der Waals surface area contributed by atoms with Crippen LogP contribution in [0.15, 0.2) is 12.1 Å². The van der Waals surface area contributed by atoms with Gasteiger partial charge in [0.05, 0.1) is 6.10 Å². The molecule has 2 amide bonds. The molecule has 0 aromatic carbocycles. The number of nitrogens with one attached hydrogen (secondary N) is 1. The van der Waals surface area contributed by atoms with Crippen molar-refractivity contribution >= 4 is 12.0 Å². The Morgan fingerprint density at radius 1 is 1.06 bits per heavy atom. The number of likely N-dealkylation sites (tertiary alicyclic amines) is 1. The minimum absolute atomic E-state index is 0.0300. The van der Waals surface area contributed by atoms with E-state index in [4.69, 9.17) is 14.2 Å². The van der Waals surface area contributed by atoms with Crippen LogP contribution in [0, 0.1) is 5.92 Å². The van der Waals surface area contributed by atoms with Gasteiger partial charge in [-0.15, -0.1) is 10.2 Å². The lowest BCUT2D eigenvalue weighted by molar-refractivity contribution is -0.136. The molecule has 0 saturated carbocycles. The van der Waals surface area contributed by atoms with E-state index in [1.165, 1.54) is 0 Å². The fraction of sp³-hybridized carbons (Fsp3) is 0.727. The molecule has 0 radical (unpaired) electrons. The SMILES string of the molecule is CC(C)Oc1ccc(OC2CCN(C(=O)[C@@H](NC(=O)OC(C)(C)C)C(C)C)CC2)nn1. The fourth-order valence-electron chi connectivity index (χ4n) is 3.18. The number of amides is 2. The molecule has 0 aliphatic carbocycles. The van der Waals surface area contributed by atoms with Crippen molar-refractivity contribution in [2.24, 2.45) is 5.92 Å². The van der Waals surface area contributed by atoms with Crippen LogP contribution in [0.2, 0.25) is 0 Å². The molecule has 1 aliphatic heterocycles. The molecule has 0 bridgehead atoms. The van der Waals surface area contributed by atoms with Gasteiger partial charge < -0.3 is 24.4 Å². The van der Waals surface area contributed by atoms with Gasteiger partial charge in [0.1, 0.15) is 17.7 Å². The molecule has 1 atom stereocenters. The smallest absolute Gasteiger partial charge is 0.408 e. The van der Waals surface area contributed by atoms with Gasteiger partial charge in [-0.3, -0.25) is 4.79 Å². The first-order chi connectivity index (χ1) is 14.4. The van der Waals surface area contributed by atoms with Crippen LogP contribution in [0.5, 0.6) is 11.8 Å². The zero-order valence-electron chi connectivity index (χ0n) is 19.7. The predicted molar refractivity (Wildman–Crippen MR) is 116 cm³/mol. The van der Waals surface area contributed by atoms with Gasteiger partial charge in [-0.1, -0.05) is 13.8 Å². The van der Waals surface area contributed by atoms with E-state index in [2.05, 4.69) is 15.5 Å². The zero-order valence-corrected chi connectivity index (χ0v) is 19.7. The Labute approximate surface area is 184 Å². The molecule has 1 N–H and O–H groups in total. The van der Waals surface area contributed by atoms with Crippen LogP contribution in [-0.4, -0.2) is 64.0 Å². The number of aromatic nitrogens is 2. The maximum atomic E-state index is 13.0. The Morgan fingerprint density at radius 2 is 1.65 bits per heavy atom. The highest BCUT2D eigenvalue weighted by Gasteiger charge is 2.33. The van der Waals surface area contributed by atoms with Crippen LogP contribution >= 0.6 is 0 Å². The highest BCUT2D eigenvalue weighted by atomic mass is 16.6. The second-order valence-corrected chi connectivity index (χ2v) is 9.39. The number of hydrogen-bond acceptors (Lipinski definition) is 7. The highest BCUT2D eigenvalue weighted by molar-refractivity contribution is 5.86. The third-order valence-corrected chi connectivity index (χ3v) is 4.62. The first-order valence-corrected chi connectivity index (χ1v) is 10.9.